The van der Waals surface area contributed by atoms with Crippen molar-refractivity contribution < 1.29 is 4.52 Å². The fraction of sp³-hybridized carbons (Fsp3) is 0.500. The van der Waals surface area contributed by atoms with E-state index in [1.165, 1.54) is 15.8 Å². The van der Waals surface area contributed by atoms with E-state index in [1.54, 1.807) is 17.7 Å². The van der Waals surface area contributed by atoms with Crippen LogP contribution in [0.25, 0.3) is 10.2 Å². The van der Waals surface area contributed by atoms with E-state index >= 15 is 0 Å². The third kappa shape index (κ3) is 2.30. The van der Waals surface area contributed by atoms with Crippen LogP contribution in [0, 0.1) is 13.8 Å². The summed E-state index contributed by atoms with van der Waals surface area (Å²) in [4.78, 5) is 18.2. The minimum atomic E-state index is 0.136. The summed E-state index contributed by atoms with van der Waals surface area (Å²) >= 11 is 1.73. The number of thiophene rings is 1. The molecular formula is C16H19N5OS. The van der Waals surface area contributed by atoms with Crippen molar-refractivity contribution in [1.29, 1.82) is 0 Å². The lowest BCUT2D eigenvalue weighted by Gasteiger charge is -2.24. The molecule has 1 aliphatic rings. The number of rotatable bonds is 3. The molecule has 0 unspecified atom stereocenters. The van der Waals surface area contributed by atoms with Crippen LogP contribution in [0.5, 0.6) is 0 Å². The molecule has 120 valence electrons. The molecule has 7 heteroatoms. The Morgan fingerprint density at radius 3 is 3.00 bits per heavy atom. The number of anilines is 1. The van der Waals surface area contributed by atoms with Crippen molar-refractivity contribution in [3.05, 3.63) is 28.5 Å². The number of aryl methyl sites for hydroxylation is 3. The number of hydrogen-bond acceptors (Lipinski definition) is 7. The molecule has 1 aliphatic heterocycles. The highest BCUT2D eigenvalue weighted by Gasteiger charge is 2.32. The molecule has 4 rings (SSSR count). The molecule has 4 heterocycles. The van der Waals surface area contributed by atoms with Gasteiger partial charge in [-0.1, -0.05) is 12.1 Å². The molecule has 0 aromatic carbocycles. The van der Waals surface area contributed by atoms with E-state index in [0.717, 1.165) is 42.3 Å². The summed E-state index contributed by atoms with van der Waals surface area (Å²) < 4.78 is 5.31. The summed E-state index contributed by atoms with van der Waals surface area (Å²) in [6.07, 6.45) is 4.56. The molecule has 0 aliphatic carbocycles. The standard InChI is InChI=1S/C16H19N5OS/c1-4-12-19-14(20-22-12)11-6-5-7-21(11)15-13-9(2)10(3)23-16(13)18-8-17-15/h8,11H,4-7H2,1-3H3/t11-/m1/s1. The highest BCUT2D eigenvalue weighted by molar-refractivity contribution is 7.18. The van der Waals surface area contributed by atoms with Crippen LogP contribution in [0.2, 0.25) is 0 Å². The summed E-state index contributed by atoms with van der Waals surface area (Å²) in [5.74, 6) is 2.47. The second-order valence-electron chi connectivity index (χ2n) is 5.91. The monoisotopic (exact) mass is 329 g/mol. The maximum Gasteiger partial charge on any atom is 0.226 e. The Bertz CT molecular complexity index is 855. The van der Waals surface area contributed by atoms with Gasteiger partial charge in [-0.2, -0.15) is 4.98 Å². The van der Waals surface area contributed by atoms with Gasteiger partial charge in [0.25, 0.3) is 0 Å². The zero-order chi connectivity index (χ0) is 16.0. The Balaban J connectivity index is 1.80. The van der Waals surface area contributed by atoms with E-state index in [2.05, 4.69) is 38.9 Å². The molecule has 0 saturated carbocycles. The smallest absolute Gasteiger partial charge is 0.226 e. The van der Waals surface area contributed by atoms with E-state index < -0.39 is 0 Å². The van der Waals surface area contributed by atoms with Gasteiger partial charge in [0.15, 0.2) is 5.82 Å². The SMILES string of the molecule is CCc1nc([C@H]2CCCN2c2ncnc3sc(C)c(C)c23)no1. The van der Waals surface area contributed by atoms with E-state index in [-0.39, 0.29) is 6.04 Å². The van der Waals surface area contributed by atoms with Crippen molar-refractivity contribution >= 4 is 27.4 Å². The van der Waals surface area contributed by atoms with Crippen molar-refractivity contribution in [1.82, 2.24) is 20.1 Å². The molecule has 0 bridgehead atoms. The maximum absolute atomic E-state index is 5.31. The summed E-state index contributed by atoms with van der Waals surface area (Å²) in [6, 6.07) is 0.136. The molecule has 1 fully saturated rings. The second kappa shape index (κ2) is 5.56. The number of hydrogen-bond donors (Lipinski definition) is 0. The highest BCUT2D eigenvalue weighted by atomic mass is 32.1. The molecule has 1 saturated heterocycles. The molecule has 0 amide bonds. The first-order valence-electron chi connectivity index (χ1n) is 7.98. The molecule has 6 nitrogen and oxygen atoms in total. The first-order chi connectivity index (χ1) is 11.2. The summed E-state index contributed by atoms with van der Waals surface area (Å²) in [5.41, 5.74) is 1.27. The van der Waals surface area contributed by atoms with Crippen LogP contribution < -0.4 is 4.90 Å². The quantitative estimate of drug-likeness (QED) is 0.731. The largest absolute Gasteiger partial charge is 0.346 e. The topological polar surface area (TPSA) is 67.9 Å². The van der Waals surface area contributed by atoms with E-state index in [1.807, 2.05) is 6.92 Å². The average molecular weight is 329 g/mol. The van der Waals surface area contributed by atoms with Crippen molar-refractivity contribution in [2.75, 3.05) is 11.4 Å². The third-order valence-electron chi connectivity index (χ3n) is 4.55. The molecule has 3 aromatic heterocycles. The fourth-order valence-electron chi connectivity index (χ4n) is 3.22. The van der Waals surface area contributed by atoms with Crippen molar-refractivity contribution in [2.45, 2.75) is 46.1 Å². The van der Waals surface area contributed by atoms with Crippen LogP contribution in [0.15, 0.2) is 10.9 Å². The summed E-state index contributed by atoms with van der Waals surface area (Å²) in [7, 11) is 0. The Morgan fingerprint density at radius 1 is 1.35 bits per heavy atom. The third-order valence-corrected chi connectivity index (χ3v) is 5.67. The Kier molecular flexibility index (Phi) is 3.52. The van der Waals surface area contributed by atoms with Crippen LogP contribution in [0.3, 0.4) is 0 Å². The van der Waals surface area contributed by atoms with Crippen LogP contribution >= 0.6 is 11.3 Å². The number of nitrogens with zero attached hydrogens (tertiary/aromatic N) is 5. The minimum Gasteiger partial charge on any atom is -0.346 e. The molecule has 0 spiro atoms. The second-order valence-corrected chi connectivity index (χ2v) is 7.12. The lowest BCUT2D eigenvalue weighted by Crippen LogP contribution is -2.24. The first kappa shape index (κ1) is 14.6. The summed E-state index contributed by atoms with van der Waals surface area (Å²) in [5, 5.41) is 5.35. The van der Waals surface area contributed by atoms with Crippen LogP contribution in [-0.2, 0) is 6.42 Å². The number of aromatic nitrogens is 4. The van der Waals surface area contributed by atoms with E-state index in [9.17, 15) is 0 Å². The Hall–Kier alpha value is -2.02. The number of fused-ring (bicyclic) bond motifs is 1. The van der Waals surface area contributed by atoms with Gasteiger partial charge in [0.05, 0.1) is 11.4 Å². The maximum atomic E-state index is 5.31. The van der Waals surface area contributed by atoms with E-state index in [0.29, 0.717) is 5.89 Å². The average Bonchev–Trinajstić information content (AvgIpc) is 3.26. The van der Waals surface area contributed by atoms with Gasteiger partial charge in [-0.15, -0.1) is 11.3 Å². The van der Waals surface area contributed by atoms with Crippen LogP contribution in [0.4, 0.5) is 5.82 Å². The predicted octanol–water partition coefficient (Wildman–Crippen LogP) is 3.60. The molecule has 23 heavy (non-hydrogen) atoms. The molecule has 0 radical (unpaired) electrons. The van der Waals surface area contributed by atoms with Crippen molar-refractivity contribution in [2.24, 2.45) is 0 Å². The zero-order valence-corrected chi connectivity index (χ0v) is 14.4. The van der Waals surface area contributed by atoms with Gasteiger partial charge in [0.2, 0.25) is 5.89 Å². The van der Waals surface area contributed by atoms with Gasteiger partial charge >= 0.3 is 0 Å². The lowest BCUT2D eigenvalue weighted by molar-refractivity contribution is 0.373. The van der Waals surface area contributed by atoms with Gasteiger partial charge in [-0.3, -0.25) is 0 Å². The normalized spacial score (nSPS) is 18.2. The van der Waals surface area contributed by atoms with Gasteiger partial charge in [-0.05, 0) is 32.3 Å². The van der Waals surface area contributed by atoms with Crippen molar-refractivity contribution in [3.63, 3.8) is 0 Å². The first-order valence-corrected chi connectivity index (χ1v) is 8.80. The minimum absolute atomic E-state index is 0.136. The zero-order valence-electron chi connectivity index (χ0n) is 13.5. The Morgan fingerprint density at radius 2 is 2.22 bits per heavy atom. The van der Waals surface area contributed by atoms with Gasteiger partial charge in [0.1, 0.15) is 17.0 Å². The van der Waals surface area contributed by atoms with Gasteiger partial charge in [-0.25, -0.2) is 9.97 Å². The van der Waals surface area contributed by atoms with Crippen molar-refractivity contribution in [3.8, 4) is 0 Å². The molecule has 3 aromatic rings. The summed E-state index contributed by atoms with van der Waals surface area (Å²) in [6.45, 7) is 7.27. The van der Waals surface area contributed by atoms with Crippen LogP contribution in [-0.4, -0.2) is 26.7 Å². The predicted molar refractivity (Wildman–Crippen MR) is 89.9 cm³/mol. The fourth-order valence-corrected chi connectivity index (χ4v) is 4.21. The van der Waals surface area contributed by atoms with Gasteiger partial charge in [0, 0.05) is 17.8 Å². The van der Waals surface area contributed by atoms with Gasteiger partial charge < -0.3 is 9.42 Å². The lowest BCUT2D eigenvalue weighted by atomic mass is 10.1. The molecule has 1 atom stereocenters. The highest BCUT2D eigenvalue weighted by Crippen LogP contribution is 2.40. The van der Waals surface area contributed by atoms with Crippen LogP contribution in [0.1, 0.15) is 48.0 Å². The van der Waals surface area contributed by atoms with E-state index in [4.69, 9.17) is 4.52 Å². The molecule has 0 N–H and O–H groups in total. The molecular weight excluding hydrogens is 310 g/mol. The Labute approximate surface area is 138 Å².